The van der Waals surface area contributed by atoms with E-state index in [9.17, 15) is 9.59 Å². The zero-order chi connectivity index (χ0) is 7.98. The van der Waals surface area contributed by atoms with Crippen molar-refractivity contribution in [2.75, 3.05) is 7.05 Å². The number of carbonyl (C=O) groups is 2. The Kier molecular flexibility index (Phi) is 4.76. The van der Waals surface area contributed by atoms with Crippen LogP contribution in [-0.4, -0.2) is 25.2 Å². The standard InChI is InChI=1S/C7H13NO2/c1-3-4-6(8-2)7(10)5-9/h5-6,8H,3-4H2,1-2H3. The van der Waals surface area contributed by atoms with E-state index in [1.807, 2.05) is 6.92 Å². The number of ketones is 1. The minimum atomic E-state index is -0.357. The molecule has 0 amide bonds. The summed E-state index contributed by atoms with van der Waals surface area (Å²) in [6.07, 6.45) is 2.01. The van der Waals surface area contributed by atoms with Gasteiger partial charge in [-0.25, -0.2) is 0 Å². The van der Waals surface area contributed by atoms with E-state index < -0.39 is 0 Å². The van der Waals surface area contributed by atoms with E-state index in [0.717, 1.165) is 12.8 Å². The number of carbonyl (C=O) groups excluding carboxylic acids is 2. The van der Waals surface area contributed by atoms with Gasteiger partial charge in [0, 0.05) is 0 Å². The highest BCUT2D eigenvalue weighted by Gasteiger charge is 2.12. The average Bonchev–Trinajstić information content (AvgIpc) is 1.99. The van der Waals surface area contributed by atoms with Crippen LogP contribution in [0.4, 0.5) is 0 Å². The molecule has 0 spiro atoms. The molecule has 0 aliphatic rings. The number of nitrogens with one attached hydrogen (secondary N) is 1. The average molecular weight is 143 g/mol. The molecule has 58 valence electrons. The smallest absolute Gasteiger partial charge is 0.211 e. The molecule has 0 saturated carbocycles. The van der Waals surface area contributed by atoms with Crippen molar-refractivity contribution >= 4 is 12.1 Å². The minimum absolute atomic E-state index is 0.275. The van der Waals surface area contributed by atoms with Gasteiger partial charge in [0.1, 0.15) is 0 Å². The van der Waals surface area contributed by atoms with E-state index >= 15 is 0 Å². The zero-order valence-electron chi connectivity index (χ0n) is 6.39. The topological polar surface area (TPSA) is 46.2 Å². The Morgan fingerprint density at radius 2 is 2.30 bits per heavy atom. The Hall–Kier alpha value is -0.700. The van der Waals surface area contributed by atoms with Crippen LogP contribution in [0, 0.1) is 0 Å². The van der Waals surface area contributed by atoms with Crippen LogP contribution in [0.25, 0.3) is 0 Å². The maximum absolute atomic E-state index is 10.7. The third-order valence-corrected chi connectivity index (χ3v) is 1.39. The predicted octanol–water partition coefficient (Wildman–Crippen LogP) is 0.142. The Balaban J connectivity index is 3.79. The monoisotopic (exact) mass is 143 g/mol. The van der Waals surface area contributed by atoms with Gasteiger partial charge in [-0.05, 0) is 13.5 Å². The number of hydrogen-bond acceptors (Lipinski definition) is 3. The number of aldehydes is 1. The summed E-state index contributed by atoms with van der Waals surface area (Å²) in [7, 11) is 1.68. The molecular formula is C7H13NO2. The molecule has 0 aliphatic carbocycles. The maximum atomic E-state index is 10.7. The van der Waals surface area contributed by atoms with E-state index in [1.54, 1.807) is 7.05 Å². The fourth-order valence-electron chi connectivity index (χ4n) is 0.800. The predicted molar refractivity (Wildman–Crippen MR) is 38.8 cm³/mol. The lowest BCUT2D eigenvalue weighted by Gasteiger charge is -2.08. The van der Waals surface area contributed by atoms with Gasteiger partial charge in [0.2, 0.25) is 5.78 Å². The fourth-order valence-corrected chi connectivity index (χ4v) is 0.800. The first-order valence-corrected chi connectivity index (χ1v) is 3.42. The minimum Gasteiger partial charge on any atom is -0.310 e. The van der Waals surface area contributed by atoms with Gasteiger partial charge in [-0.1, -0.05) is 13.3 Å². The van der Waals surface area contributed by atoms with E-state index in [-0.39, 0.29) is 11.8 Å². The third kappa shape index (κ3) is 2.73. The lowest BCUT2D eigenvalue weighted by molar-refractivity contribution is -0.131. The largest absolute Gasteiger partial charge is 0.310 e. The molecule has 0 rings (SSSR count). The van der Waals surface area contributed by atoms with Crippen LogP contribution in [0.2, 0.25) is 0 Å². The van der Waals surface area contributed by atoms with E-state index in [2.05, 4.69) is 5.32 Å². The Morgan fingerprint density at radius 1 is 1.70 bits per heavy atom. The SMILES string of the molecule is CCCC(NC)C(=O)C=O. The van der Waals surface area contributed by atoms with Crippen LogP contribution in [0.5, 0.6) is 0 Å². The molecule has 1 N–H and O–H groups in total. The summed E-state index contributed by atoms with van der Waals surface area (Å²) in [5.41, 5.74) is 0. The van der Waals surface area contributed by atoms with Crippen molar-refractivity contribution in [1.29, 1.82) is 0 Å². The van der Waals surface area contributed by atoms with Gasteiger partial charge in [0.15, 0.2) is 6.29 Å². The van der Waals surface area contributed by atoms with Crippen molar-refractivity contribution in [3.05, 3.63) is 0 Å². The molecule has 10 heavy (non-hydrogen) atoms. The molecule has 0 aromatic carbocycles. The maximum Gasteiger partial charge on any atom is 0.211 e. The number of rotatable bonds is 5. The summed E-state index contributed by atoms with van der Waals surface area (Å²) in [6.45, 7) is 1.97. The van der Waals surface area contributed by atoms with Crippen LogP contribution in [-0.2, 0) is 9.59 Å². The van der Waals surface area contributed by atoms with Gasteiger partial charge in [-0.15, -0.1) is 0 Å². The molecule has 0 aromatic rings. The van der Waals surface area contributed by atoms with Gasteiger partial charge in [-0.2, -0.15) is 0 Å². The molecule has 0 heterocycles. The first-order chi connectivity index (χ1) is 4.76. The van der Waals surface area contributed by atoms with Crippen molar-refractivity contribution in [3.63, 3.8) is 0 Å². The third-order valence-electron chi connectivity index (χ3n) is 1.39. The highest BCUT2D eigenvalue weighted by atomic mass is 16.2. The van der Waals surface area contributed by atoms with Crippen molar-refractivity contribution in [2.45, 2.75) is 25.8 Å². The summed E-state index contributed by atoms with van der Waals surface area (Å²) >= 11 is 0. The van der Waals surface area contributed by atoms with Crippen LogP contribution >= 0.6 is 0 Å². The first-order valence-electron chi connectivity index (χ1n) is 3.42. The molecular weight excluding hydrogens is 130 g/mol. The lowest BCUT2D eigenvalue weighted by atomic mass is 10.1. The summed E-state index contributed by atoms with van der Waals surface area (Å²) in [4.78, 5) is 20.7. The molecule has 3 heteroatoms. The second-order valence-electron chi connectivity index (χ2n) is 2.15. The van der Waals surface area contributed by atoms with Crippen molar-refractivity contribution in [2.24, 2.45) is 0 Å². The molecule has 0 fully saturated rings. The van der Waals surface area contributed by atoms with Crippen molar-refractivity contribution in [3.8, 4) is 0 Å². The van der Waals surface area contributed by atoms with Crippen LogP contribution in [0.15, 0.2) is 0 Å². The van der Waals surface area contributed by atoms with Crippen LogP contribution in [0.1, 0.15) is 19.8 Å². The summed E-state index contributed by atoms with van der Waals surface area (Å²) in [6, 6.07) is -0.275. The first kappa shape index (κ1) is 9.30. The van der Waals surface area contributed by atoms with Gasteiger partial charge < -0.3 is 5.32 Å². The highest BCUT2D eigenvalue weighted by molar-refractivity contribution is 6.27. The second kappa shape index (κ2) is 5.11. The van der Waals surface area contributed by atoms with Gasteiger partial charge in [0.25, 0.3) is 0 Å². The molecule has 0 bridgehead atoms. The molecule has 1 unspecified atom stereocenters. The van der Waals surface area contributed by atoms with Gasteiger partial charge in [0.05, 0.1) is 6.04 Å². The lowest BCUT2D eigenvalue weighted by Crippen LogP contribution is -2.34. The highest BCUT2D eigenvalue weighted by Crippen LogP contribution is 1.95. The van der Waals surface area contributed by atoms with E-state index in [1.165, 1.54) is 0 Å². The molecule has 0 radical (unpaired) electrons. The summed E-state index contributed by atoms with van der Waals surface area (Å²) in [5.74, 6) is -0.357. The van der Waals surface area contributed by atoms with Gasteiger partial charge >= 0.3 is 0 Å². The molecule has 3 nitrogen and oxygen atoms in total. The van der Waals surface area contributed by atoms with Crippen molar-refractivity contribution in [1.82, 2.24) is 5.32 Å². The van der Waals surface area contributed by atoms with E-state index in [0.29, 0.717) is 6.29 Å². The number of likely N-dealkylation sites (N-methyl/N-ethyl adjacent to an activating group) is 1. The molecule has 0 aromatic heterocycles. The zero-order valence-corrected chi connectivity index (χ0v) is 6.39. The molecule has 1 atom stereocenters. The van der Waals surface area contributed by atoms with Crippen molar-refractivity contribution < 1.29 is 9.59 Å². The quantitative estimate of drug-likeness (QED) is 0.440. The van der Waals surface area contributed by atoms with Gasteiger partial charge in [-0.3, -0.25) is 9.59 Å². The summed E-state index contributed by atoms with van der Waals surface area (Å²) < 4.78 is 0. The summed E-state index contributed by atoms with van der Waals surface area (Å²) in [5, 5.41) is 2.77. The normalized spacial score (nSPS) is 12.6. The fraction of sp³-hybridized carbons (Fsp3) is 0.714. The molecule has 0 aliphatic heterocycles. The Bertz CT molecular complexity index is 123. The second-order valence-corrected chi connectivity index (χ2v) is 2.15. The number of Topliss-reactive ketones (excluding diaryl/α,β-unsaturated/α-hetero) is 1. The number of hydrogen-bond donors (Lipinski definition) is 1. The Labute approximate surface area is 60.8 Å². The van der Waals surface area contributed by atoms with E-state index in [4.69, 9.17) is 0 Å². The van der Waals surface area contributed by atoms with Crippen LogP contribution in [0.3, 0.4) is 0 Å². The van der Waals surface area contributed by atoms with Crippen LogP contribution < -0.4 is 5.32 Å². The molecule has 0 saturated heterocycles. The Morgan fingerprint density at radius 3 is 2.60 bits per heavy atom.